The molecule has 0 aromatic heterocycles. The summed E-state index contributed by atoms with van der Waals surface area (Å²) >= 11 is 0. The molecule has 22 heavy (non-hydrogen) atoms. The van der Waals surface area contributed by atoms with Crippen molar-refractivity contribution in [3.8, 4) is 0 Å². The second-order valence-electron chi connectivity index (χ2n) is 6.08. The number of amides is 1. The summed E-state index contributed by atoms with van der Waals surface area (Å²) in [6.45, 7) is 7.24. The van der Waals surface area contributed by atoms with Crippen LogP contribution >= 0.6 is 0 Å². The maximum atomic E-state index is 12.6. The summed E-state index contributed by atoms with van der Waals surface area (Å²) in [6.07, 6.45) is 1.26. The van der Waals surface area contributed by atoms with Crippen molar-refractivity contribution in [2.45, 2.75) is 13.8 Å². The lowest BCUT2D eigenvalue weighted by atomic mass is 10.0. The minimum Gasteiger partial charge on any atom is -0.336 e. The fourth-order valence-corrected chi connectivity index (χ4v) is 3.20. The molecule has 1 amide bonds. The van der Waals surface area contributed by atoms with Gasteiger partial charge in [0.2, 0.25) is 0 Å². The standard InChI is InChI=1S/C16H24N2O3S/c1-13-4-5-14(2)15(12-13)16(19)18-8-6-17(7-9-18)10-11-22(3,20)21/h4-5,12H,6-11H2,1-3H3. The number of benzene rings is 1. The van der Waals surface area contributed by atoms with Crippen LogP contribution < -0.4 is 0 Å². The Hall–Kier alpha value is -1.40. The molecular formula is C16H24N2O3S. The molecule has 1 heterocycles. The highest BCUT2D eigenvalue weighted by molar-refractivity contribution is 7.90. The Kier molecular flexibility index (Phi) is 5.24. The first kappa shape index (κ1) is 17.0. The molecule has 1 aliphatic heterocycles. The van der Waals surface area contributed by atoms with Crippen molar-refractivity contribution < 1.29 is 13.2 Å². The third-order valence-corrected chi connectivity index (χ3v) is 4.99. The van der Waals surface area contributed by atoms with Gasteiger partial charge in [0.05, 0.1) is 5.75 Å². The first-order chi connectivity index (χ1) is 10.3. The Bertz CT molecular complexity index is 647. The van der Waals surface area contributed by atoms with Gasteiger partial charge < -0.3 is 4.90 Å². The van der Waals surface area contributed by atoms with Gasteiger partial charge in [-0.1, -0.05) is 17.7 Å². The Balaban J connectivity index is 1.94. The molecule has 0 aliphatic carbocycles. The van der Waals surface area contributed by atoms with Gasteiger partial charge in [0.25, 0.3) is 5.91 Å². The molecule has 1 saturated heterocycles. The topological polar surface area (TPSA) is 57.7 Å². The van der Waals surface area contributed by atoms with Crippen molar-refractivity contribution >= 4 is 15.7 Å². The van der Waals surface area contributed by atoms with Crippen LogP contribution in [0, 0.1) is 13.8 Å². The number of nitrogens with zero attached hydrogens (tertiary/aromatic N) is 2. The highest BCUT2D eigenvalue weighted by Gasteiger charge is 2.23. The molecule has 2 rings (SSSR count). The third kappa shape index (κ3) is 4.55. The maximum absolute atomic E-state index is 12.6. The summed E-state index contributed by atoms with van der Waals surface area (Å²) < 4.78 is 22.4. The first-order valence-electron chi connectivity index (χ1n) is 7.53. The molecule has 0 atom stereocenters. The van der Waals surface area contributed by atoms with E-state index in [1.54, 1.807) is 0 Å². The summed E-state index contributed by atoms with van der Waals surface area (Å²) in [5.41, 5.74) is 2.85. The van der Waals surface area contributed by atoms with Crippen LogP contribution in [0.25, 0.3) is 0 Å². The number of rotatable bonds is 4. The first-order valence-corrected chi connectivity index (χ1v) is 9.59. The maximum Gasteiger partial charge on any atom is 0.254 e. The van der Waals surface area contributed by atoms with Crippen molar-refractivity contribution in [1.29, 1.82) is 0 Å². The molecule has 5 nitrogen and oxygen atoms in total. The Morgan fingerprint density at radius 2 is 1.77 bits per heavy atom. The molecule has 6 heteroatoms. The van der Waals surface area contributed by atoms with E-state index in [0.717, 1.165) is 29.8 Å². The largest absolute Gasteiger partial charge is 0.336 e. The monoisotopic (exact) mass is 324 g/mol. The van der Waals surface area contributed by atoms with E-state index in [0.29, 0.717) is 19.6 Å². The minimum atomic E-state index is -2.93. The molecule has 1 aromatic carbocycles. The van der Waals surface area contributed by atoms with Crippen molar-refractivity contribution in [2.75, 3.05) is 44.7 Å². The SMILES string of the molecule is Cc1ccc(C)c(C(=O)N2CCN(CCS(C)(=O)=O)CC2)c1. The lowest BCUT2D eigenvalue weighted by Gasteiger charge is -2.34. The number of carbonyl (C=O) groups excluding carboxylic acids is 1. The van der Waals surface area contributed by atoms with Crippen LogP contribution in [0.4, 0.5) is 0 Å². The van der Waals surface area contributed by atoms with Crippen LogP contribution in [0.5, 0.6) is 0 Å². The van der Waals surface area contributed by atoms with E-state index in [1.165, 1.54) is 6.26 Å². The summed E-state index contributed by atoms with van der Waals surface area (Å²) in [6, 6.07) is 5.92. The van der Waals surface area contributed by atoms with E-state index in [1.807, 2.05) is 36.9 Å². The Morgan fingerprint density at radius 1 is 1.14 bits per heavy atom. The van der Waals surface area contributed by atoms with Gasteiger partial charge in [-0.2, -0.15) is 0 Å². The molecule has 1 aliphatic rings. The van der Waals surface area contributed by atoms with Gasteiger partial charge in [0.1, 0.15) is 9.84 Å². The molecule has 0 saturated carbocycles. The number of hydrogen-bond acceptors (Lipinski definition) is 4. The van der Waals surface area contributed by atoms with Crippen LogP contribution in [-0.4, -0.2) is 68.9 Å². The lowest BCUT2D eigenvalue weighted by Crippen LogP contribution is -2.49. The zero-order valence-corrected chi connectivity index (χ0v) is 14.3. The molecule has 0 spiro atoms. The lowest BCUT2D eigenvalue weighted by molar-refractivity contribution is 0.0643. The molecular weight excluding hydrogens is 300 g/mol. The third-order valence-electron chi connectivity index (χ3n) is 4.06. The molecule has 122 valence electrons. The number of aryl methyl sites for hydroxylation is 2. The molecule has 1 aromatic rings. The summed E-state index contributed by atoms with van der Waals surface area (Å²) in [7, 11) is -2.93. The van der Waals surface area contributed by atoms with Gasteiger partial charge in [-0.15, -0.1) is 0 Å². The average Bonchev–Trinajstić information content (AvgIpc) is 2.47. The number of carbonyl (C=O) groups is 1. The van der Waals surface area contributed by atoms with Crippen LogP contribution in [0.2, 0.25) is 0 Å². The van der Waals surface area contributed by atoms with E-state index in [2.05, 4.69) is 4.90 Å². The van der Waals surface area contributed by atoms with Gasteiger partial charge in [-0.05, 0) is 25.5 Å². The number of sulfone groups is 1. The summed E-state index contributed by atoms with van der Waals surface area (Å²) in [5.74, 6) is 0.252. The fraction of sp³-hybridized carbons (Fsp3) is 0.562. The zero-order chi connectivity index (χ0) is 16.3. The highest BCUT2D eigenvalue weighted by Crippen LogP contribution is 2.15. The van der Waals surface area contributed by atoms with Gasteiger partial charge in [-0.3, -0.25) is 9.69 Å². The highest BCUT2D eigenvalue weighted by atomic mass is 32.2. The fourth-order valence-electron chi connectivity index (χ4n) is 2.61. The van der Waals surface area contributed by atoms with Gasteiger partial charge in [-0.25, -0.2) is 8.42 Å². The van der Waals surface area contributed by atoms with Crippen molar-refractivity contribution in [3.05, 3.63) is 34.9 Å². The number of piperazine rings is 1. The van der Waals surface area contributed by atoms with Crippen LogP contribution in [0.15, 0.2) is 18.2 Å². The van der Waals surface area contributed by atoms with E-state index in [4.69, 9.17) is 0 Å². The van der Waals surface area contributed by atoms with Gasteiger partial charge in [0.15, 0.2) is 0 Å². The van der Waals surface area contributed by atoms with Gasteiger partial charge >= 0.3 is 0 Å². The van der Waals surface area contributed by atoms with E-state index in [9.17, 15) is 13.2 Å². The van der Waals surface area contributed by atoms with Crippen molar-refractivity contribution in [1.82, 2.24) is 9.80 Å². The normalized spacial score (nSPS) is 16.8. The summed E-state index contributed by atoms with van der Waals surface area (Å²) in [4.78, 5) is 16.6. The molecule has 0 unspecified atom stereocenters. The van der Waals surface area contributed by atoms with E-state index >= 15 is 0 Å². The predicted octanol–water partition coefficient (Wildman–Crippen LogP) is 1.11. The quantitative estimate of drug-likeness (QED) is 0.832. The smallest absolute Gasteiger partial charge is 0.254 e. The zero-order valence-electron chi connectivity index (χ0n) is 13.5. The van der Waals surface area contributed by atoms with Gasteiger partial charge in [0, 0.05) is 44.5 Å². The van der Waals surface area contributed by atoms with Crippen LogP contribution in [0.3, 0.4) is 0 Å². The van der Waals surface area contributed by atoms with Crippen LogP contribution in [0.1, 0.15) is 21.5 Å². The second kappa shape index (κ2) is 6.79. The number of hydrogen-bond donors (Lipinski definition) is 0. The minimum absolute atomic E-state index is 0.0731. The molecule has 0 bridgehead atoms. The van der Waals surface area contributed by atoms with E-state index < -0.39 is 9.84 Å². The predicted molar refractivity (Wildman–Crippen MR) is 88.0 cm³/mol. The average molecular weight is 324 g/mol. The molecule has 0 radical (unpaired) electrons. The Labute approximate surface area is 132 Å². The van der Waals surface area contributed by atoms with Crippen molar-refractivity contribution in [2.24, 2.45) is 0 Å². The second-order valence-corrected chi connectivity index (χ2v) is 8.34. The Morgan fingerprint density at radius 3 is 2.36 bits per heavy atom. The molecule has 0 N–H and O–H groups in total. The van der Waals surface area contributed by atoms with Crippen molar-refractivity contribution in [3.63, 3.8) is 0 Å². The van der Waals surface area contributed by atoms with Crippen LogP contribution in [-0.2, 0) is 9.84 Å². The summed E-state index contributed by atoms with van der Waals surface area (Å²) in [5, 5.41) is 0. The van der Waals surface area contributed by atoms with E-state index in [-0.39, 0.29) is 11.7 Å². The molecule has 1 fully saturated rings.